The molecular formula is C8H12N4O2. The van der Waals surface area contributed by atoms with Crippen LogP contribution in [0.1, 0.15) is 18.4 Å². The number of hydrogen-bond donors (Lipinski definition) is 2. The number of carbonyl (C=O) groups is 1. The van der Waals surface area contributed by atoms with Gasteiger partial charge in [0.25, 0.3) is 0 Å². The minimum absolute atomic E-state index is 0.322. The van der Waals surface area contributed by atoms with Crippen molar-refractivity contribution in [2.45, 2.75) is 13.8 Å². The number of carbonyl (C=O) groups excluding carboxylic acids is 1. The van der Waals surface area contributed by atoms with Gasteiger partial charge in [-0.15, -0.1) is 0 Å². The van der Waals surface area contributed by atoms with Crippen molar-refractivity contribution >= 4 is 12.3 Å². The maximum atomic E-state index is 10.8. The van der Waals surface area contributed by atoms with E-state index in [1.165, 1.54) is 6.21 Å². The summed E-state index contributed by atoms with van der Waals surface area (Å²) in [4.78, 5) is 17.7. The van der Waals surface area contributed by atoms with Gasteiger partial charge in [0.05, 0.1) is 12.8 Å². The molecule has 2 N–H and O–H groups in total. The molecule has 0 radical (unpaired) electrons. The number of ether oxygens (including phenoxy) is 1. The number of aromatic amines is 1. The Morgan fingerprint density at radius 1 is 1.86 bits per heavy atom. The molecule has 0 saturated heterocycles. The molecular weight excluding hydrogens is 184 g/mol. The Bertz CT molecular complexity index is 332. The number of amides is 1. The van der Waals surface area contributed by atoms with E-state index in [9.17, 15) is 4.79 Å². The van der Waals surface area contributed by atoms with Gasteiger partial charge < -0.3 is 9.72 Å². The average molecular weight is 196 g/mol. The summed E-state index contributed by atoms with van der Waals surface area (Å²) in [6, 6.07) is 0. The summed E-state index contributed by atoms with van der Waals surface area (Å²) in [7, 11) is 0. The summed E-state index contributed by atoms with van der Waals surface area (Å²) in [6.07, 6.45) is 2.54. The van der Waals surface area contributed by atoms with Gasteiger partial charge in [-0.25, -0.2) is 15.2 Å². The molecule has 0 aliphatic rings. The molecule has 0 bridgehead atoms. The van der Waals surface area contributed by atoms with E-state index in [-0.39, 0.29) is 0 Å². The van der Waals surface area contributed by atoms with Crippen molar-refractivity contribution in [3.63, 3.8) is 0 Å². The summed E-state index contributed by atoms with van der Waals surface area (Å²) >= 11 is 0. The molecule has 1 aromatic heterocycles. The summed E-state index contributed by atoms with van der Waals surface area (Å²) in [5.74, 6) is 0.794. The van der Waals surface area contributed by atoms with Gasteiger partial charge in [0.1, 0.15) is 11.5 Å². The second-order valence-corrected chi connectivity index (χ2v) is 2.50. The topological polar surface area (TPSA) is 79.4 Å². The fourth-order valence-corrected chi connectivity index (χ4v) is 0.817. The third-order valence-electron chi connectivity index (χ3n) is 1.35. The zero-order valence-corrected chi connectivity index (χ0v) is 8.07. The molecule has 0 unspecified atom stereocenters. The van der Waals surface area contributed by atoms with Crippen molar-refractivity contribution in [1.29, 1.82) is 0 Å². The van der Waals surface area contributed by atoms with Crippen LogP contribution in [-0.2, 0) is 4.74 Å². The van der Waals surface area contributed by atoms with E-state index in [1.807, 2.05) is 6.92 Å². The minimum Gasteiger partial charge on any atom is -0.449 e. The molecule has 0 fully saturated rings. The number of rotatable bonds is 3. The van der Waals surface area contributed by atoms with Crippen LogP contribution < -0.4 is 5.43 Å². The Hall–Kier alpha value is -1.85. The molecule has 1 aromatic rings. The van der Waals surface area contributed by atoms with Crippen LogP contribution in [0.25, 0.3) is 0 Å². The quantitative estimate of drug-likeness (QED) is 0.554. The largest absolute Gasteiger partial charge is 0.449 e. The SMILES string of the molecule is CCOC(=O)NN=Cc1c[nH]c(C)n1. The van der Waals surface area contributed by atoms with Crippen molar-refractivity contribution in [2.24, 2.45) is 5.10 Å². The van der Waals surface area contributed by atoms with Gasteiger partial charge in [-0.1, -0.05) is 0 Å². The van der Waals surface area contributed by atoms with E-state index < -0.39 is 6.09 Å². The Kier molecular flexibility index (Phi) is 3.66. The van der Waals surface area contributed by atoms with Gasteiger partial charge >= 0.3 is 6.09 Å². The predicted molar refractivity (Wildman–Crippen MR) is 51.1 cm³/mol. The zero-order chi connectivity index (χ0) is 10.4. The highest BCUT2D eigenvalue weighted by Crippen LogP contribution is 1.90. The van der Waals surface area contributed by atoms with Crippen LogP contribution in [0.5, 0.6) is 0 Å². The summed E-state index contributed by atoms with van der Waals surface area (Å²) < 4.78 is 4.59. The highest BCUT2D eigenvalue weighted by Gasteiger charge is 1.96. The van der Waals surface area contributed by atoms with E-state index in [0.717, 1.165) is 5.82 Å². The lowest BCUT2D eigenvalue weighted by Gasteiger charge is -1.97. The van der Waals surface area contributed by atoms with Crippen molar-refractivity contribution in [3.05, 3.63) is 17.7 Å². The number of hydrazone groups is 1. The van der Waals surface area contributed by atoms with E-state index in [2.05, 4.69) is 25.2 Å². The minimum atomic E-state index is -0.573. The lowest BCUT2D eigenvalue weighted by Crippen LogP contribution is -2.18. The van der Waals surface area contributed by atoms with Gasteiger partial charge in [0.2, 0.25) is 0 Å². The molecule has 1 heterocycles. The maximum Gasteiger partial charge on any atom is 0.427 e. The highest BCUT2D eigenvalue weighted by atomic mass is 16.5. The first-order chi connectivity index (χ1) is 6.72. The molecule has 0 spiro atoms. The molecule has 0 aliphatic heterocycles. The van der Waals surface area contributed by atoms with Gasteiger partial charge in [0.15, 0.2) is 0 Å². The molecule has 6 nitrogen and oxygen atoms in total. The summed E-state index contributed by atoms with van der Waals surface area (Å²) in [5.41, 5.74) is 2.85. The Morgan fingerprint density at radius 2 is 2.64 bits per heavy atom. The highest BCUT2D eigenvalue weighted by molar-refractivity contribution is 5.78. The fraction of sp³-hybridized carbons (Fsp3) is 0.375. The van der Waals surface area contributed by atoms with Crippen LogP contribution in [0, 0.1) is 6.92 Å². The Labute approximate surface area is 81.4 Å². The summed E-state index contributed by atoms with van der Waals surface area (Å²) in [6.45, 7) is 3.87. The van der Waals surface area contributed by atoms with Crippen LogP contribution in [0.2, 0.25) is 0 Å². The number of nitrogens with one attached hydrogen (secondary N) is 2. The van der Waals surface area contributed by atoms with Crippen molar-refractivity contribution in [2.75, 3.05) is 6.61 Å². The van der Waals surface area contributed by atoms with Crippen LogP contribution >= 0.6 is 0 Å². The Balaban J connectivity index is 2.37. The van der Waals surface area contributed by atoms with Crippen LogP contribution in [-0.4, -0.2) is 28.9 Å². The van der Waals surface area contributed by atoms with Crippen molar-refractivity contribution in [1.82, 2.24) is 15.4 Å². The van der Waals surface area contributed by atoms with Gasteiger partial charge in [-0.2, -0.15) is 5.10 Å². The van der Waals surface area contributed by atoms with Gasteiger partial charge in [-0.3, -0.25) is 0 Å². The first-order valence-corrected chi connectivity index (χ1v) is 4.20. The lowest BCUT2D eigenvalue weighted by atomic mass is 10.5. The smallest absolute Gasteiger partial charge is 0.427 e. The number of H-pyrrole nitrogens is 1. The van der Waals surface area contributed by atoms with Crippen LogP contribution in [0.3, 0.4) is 0 Å². The monoisotopic (exact) mass is 196 g/mol. The van der Waals surface area contributed by atoms with Crippen LogP contribution in [0.15, 0.2) is 11.3 Å². The van der Waals surface area contributed by atoms with Crippen molar-refractivity contribution < 1.29 is 9.53 Å². The fourth-order valence-electron chi connectivity index (χ4n) is 0.817. The molecule has 76 valence electrons. The number of imidazole rings is 1. The number of hydrogen-bond acceptors (Lipinski definition) is 4. The molecule has 0 aliphatic carbocycles. The molecule has 1 amide bonds. The van der Waals surface area contributed by atoms with E-state index in [4.69, 9.17) is 0 Å². The molecule has 0 aromatic carbocycles. The first-order valence-electron chi connectivity index (χ1n) is 4.20. The molecule has 14 heavy (non-hydrogen) atoms. The third kappa shape index (κ3) is 3.26. The zero-order valence-electron chi connectivity index (χ0n) is 8.07. The van der Waals surface area contributed by atoms with Crippen molar-refractivity contribution in [3.8, 4) is 0 Å². The molecule has 6 heteroatoms. The number of nitrogens with zero attached hydrogens (tertiary/aromatic N) is 2. The van der Waals surface area contributed by atoms with E-state index in [0.29, 0.717) is 12.3 Å². The number of aromatic nitrogens is 2. The second kappa shape index (κ2) is 5.00. The Morgan fingerprint density at radius 3 is 3.21 bits per heavy atom. The van der Waals surface area contributed by atoms with Gasteiger partial charge in [-0.05, 0) is 13.8 Å². The average Bonchev–Trinajstić information content (AvgIpc) is 2.52. The normalized spacial score (nSPS) is 10.4. The second-order valence-electron chi connectivity index (χ2n) is 2.50. The van der Waals surface area contributed by atoms with Gasteiger partial charge in [0, 0.05) is 6.20 Å². The van der Waals surface area contributed by atoms with E-state index in [1.54, 1.807) is 13.1 Å². The molecule has 1 rings (SSSR count). The third-order valence-corrected chi connectivity index (χ3v) is 1.35. The maximum absolute atomic E-state index is 10.8. The standard InChI is InChI=1S/C8H12N4O2/c1-3-14-8(13)12-10-5-7-4-9-6(2)11-7/h4-5H,3H2,1-2H3,(H,9,11)(H,12,13). The predicted octanol–water partition coefficient (Wildman–Crippen LogP) is 0.798. The molecule has 0 saturated carbocycles. The molecule has 0 atom stereocenters. The number of aryl methyl sites for hydroxylation is 1. The van der Waals surface area contributed by atoms with E-state index >= 15 is 0 Å². The van der Waals surface area contributed by atoms with Crippen LogP contribution in [0.4, 0.5) is 4.79 Å². The lowest BCUT2D eigenvalue weighted by molar-refractivity contribution is 0.152. The summed E-state index contributed by atoms with van der Waals surface area (Å²) in [5, 5.41) is 3.64. The first kappa shape index (κ1) is 10.2.